The molecule has 1 heterocycles. The van der Waals surface area contributed by atoms with Crippen LogP contribution in [-0.2, 0) is 9.59 Å². The smallest absolute Gasteiger partial charge is 0.291 e. The van der Waals surface area contributed by atoms with Crippen molar-refractivity contribution in [2.45, 2.75) is 19.4 Å². The number of methoxy groups -OCH3 is 2. The monoisotopic (exact) mass is 454 g/mol. The summed E-state index contributed by atoms with van der Waals surface area (Å²) in [6, 6.07) is 8.79. The normalized spacial score (nSPS) is 18.2. The quantitative estimate of drug-likeness (QED) is 0.353. The Labute approximate surface area is 193 Å². The zero-order chi connectivity index (χ0) is 24.3. The highest BCUT2D eigenvalue weighted by Gasteiger charge is 2.51. The third-order valence-corrected chi connectivity index (χ3v) is 5.92. The molecule has 8 heteroatoms. The lowest BCUT2D eigenvalue weighted by atomic mass is 9.85. The molecule has 0 spiro atoms. The second kappa shape index (κ2) is 10.0. The maximum absolute atomic E-state index is 13.6. The van der Waals surface area contributed by atoms with Crippen LogP contribution in [0.4, 0.5) is 0 Å². The van der Waals surface area contributed by atoms with Crippen molar-refractivity contribution in [1.29, 1.82) is 0 Å². The summed E-state index contributed by atoms with van der Waals surface area (Å²) in [5.41, 5.74) is 1.65. The lowest BCUT2D eigenvalue weighted by Crippen LogP contribution is -2.33. The van der Waals surface area contributed by atoms with Crippen LogP contribution in [0, 0.1) is 12.8 Å². The largest absolute Gasteiger partial charge is 0.504 e. The molecule has 0 bridgehead atoms. The number of rotatable bonds is 9. The Morgan fingerprint density at radius 1 is 1.06 bits per heavy atom. The van der Waals surface area contributed by atoms with Gasteiger partial charge < -0.3 is 24.4 Å². The van der Waals surface area contributed by atoms with Gasteiger partial charge in [-0.25, -0.2) is 0 Å². The van der Waals surface area contributed by atoms with Crippen LogP contribution in [0.5, 0.6) is 17.2 Å². The third kappa shape index (κ3) is 4.85. The van der Waals surface area contributed by atoms with E-state index in [1.54, 1.807) is 37.4 Å². The van der Waals surface area contributed by atoms with E-state index >= 15 is 0 Å². The fraction of sp³-hybridized carbons (Fsp3) is 0.400. The van der Waals surface area contributed by atoms with E-state index < -0.39 is 29.4 Å². The molecular weight excluding hydrogens is 424 g/mol. The van der Waals surface area contributed by atoms with Crippen LogP contribution in [0.15, 0.2) is 36.4 Å². The van der Waals surface area contributed by atoms with Crippen LogP contribution in [0.1, 0.15) is 33.9 Å². The average Bonchev–Trinajstić information content (AvgIpc) is 3.03. The average molecular weight is 455 g/mol. The second-order valence-corrected chi connectivity index (χ2v) is 8.42. The van der Waals surface area contributed by atoms with Crippen LogP contribution in [-0.4, -0.2) is 73.8 Å². The van der Waals surface area contributed by atoms with Crippen molar-refractivity contribution in [3.8, 4) is 17.2 Å². The van der Waals surface area contributed by atoms with Gasteiger partial charge in [0.05, 0.1) is 20.3 Å². The molecule has 0 aliphatic carbocycles. The van der Waals surface area contributed by atoms with E-state index in [-0.39, 0.29) is 11.5 Å². The van der Waals surface area contributed by atoms with Gasteiger partial charge in [0.25, 0.3) is 5.91 Å². The minimum Gasteiger partial charge on any atom is -0.504 e. The van der Waals surface area contributed by atoms with Gasteiger partial charge in [0.15, 0.2) is 17.3 Å². The number of carbonyl (C=O) groups excluding carboxylic acids is 3. The highest BCUT2D eigenvalue weighted by molar-refractivity contribution is 6.44. The van der Waals surface area contributed by atoms with Gasteiger partial charge in [-0.3, -0.25) is 14.4 Å². The van der Waals surface area contributed by atoms with Crippen LogP contribution in [0.3, 0.4) is 0 Å². The first kappa shape index (κ1) is 24.3. The first-order valence-corrected chi connectivity index (χ1v) is 10.7. The molecule has 2 aromatic rings. The molecule has 1 amide bonds. The van der Waals surface area contributed by atoms with E-state index in [0.29, 0.717) is 29.8 Å². The number of likely N-dealkylation sites (tertiary alicyclic amines) is 1. The number of aryl methyl sites for hydroxylation is 1. The van der Waals surface area contributed by atoms with E-state index in [9.17, 15) is 19.5 Å². The van der Waals surface area contributed by atoms with Gasteiger partial charge >= 0.3 is 0 Å². The maximum atomic E-state index is 13.6. The molecule has 1 aliphatic rings. The summed E-state index contributed by atoms with van der Waals surface area (Å²) in [5, 5.41) is 10.0. The topological polar surface area (TPSA) is 96.4 Å². The summed E-state index contributed by atoms with van der Waals surface area (Å²) < 4.78 is 10.5. The summed E-state index contributed by atoms with van der Waals surface area (Å²) in [6.07, 6.45) is 0.639. The summed E-state index contributed by atoms with van der Waals surface area (Å²) in [6.45, 7) is 2.86. The summed E-state index contributed by atoms with van der Waals surface area (Å²) >= 11 is 0. The molecule has 33 heavy (non-hydrogen) atoms. The van der Waals surface area contributed by atoms with Gasteiger partial charge in [0.2, 0.25) is 5.78 Å². The van der Waals surface area contributed by atoms with Crippen molar-refractivity contribution in [3.05, 3.63) is 53.1 Å². The Kier molecular flexibility index (Phi) is 7.38. The molecule has 0 radical (unpaired) electrons. The summed E-state index contributed by atoms with van der Waals surface area (Å²) in [7, 11) is 6.82. The molecule has 0 saturated carbocycles. The van der Waals surface area contributed by atoms with E-state index in [2.05, 4.69) is 0 Å². The Balaban J connectivity index is 2.05. The van der Waals surface area contributed by atoms with E-state index in [1.807, 2.05) is 25.9 Å². The summed E-state index contributed by atoms with van der Waals surface area (Å²) in [4.78, 5) is 43.1. The zero-order valence-electron chi connectivity index (χ0n) is 19.6. The van der Waals surface area contributed by atoms with E-state index in [4.69, 9.17) is 9.47 Å². The molecule has 1 saturated heterocycles. The Bertz CT molecular complexity index is 1060. The number of amides is 1. The van der Waals surface area contributed by atoms with Crippen LogP contribution >= 0.6 is 0 Å². The number of phenols is 1. The van der Waals surface area contributed by atoms with Crippen molar-refractivity contribution in [2.24, 2.45) is 5.92 Å². The van der Waals surface area contributed by atoms with Crippen LogP contribution < -0.4 is 9.47 Å². The number of Topliss-reactive ketones (excluding diaryl/α,β-unsaturated/α-hetero) is 2. The maximum Gasteiger partial charge on any atom is 0.291 e. The van der Waals surface area contributed by atoms with E-state index in [0.717, 1.165) is 12.1 Å². The number of carbonyl (C=O) groups is 3. The van der Waals surface area contributed by atoms with Crippen molar-refractivity contribution in [1.82, 2.24) is 9.80 Å². The fourth-order valence-corrected chi connectivity index (χ4v) is 4.25. The molecule has 8 nitrogen and oxygen atoms in total. The predicted octanol–water partition coefficient (Wildman–Crippen LogP) is 2.62. The van der Waals surface area contributed by atoms with Gasteiger partial charge in [-0.2, -0.15) is 0 Å². The second-order valence-electron chi connectivity index (χ2n) is 8.42. The highest BCUT2D eigenvalue weighted by atomic mass is 16.5. The lowest BCUT2D eigenvalue weighted by molar-refractivity contribution is -0.140. The van der Waals surface area contributed by atoms with E-state index in [1.165, 1.54) is 18.1 Å². The molecule has 2 aromatic carbocycles. The lowest BCUT2D eigenvalue weighted by Gasteiger charge is -2.28. The van der Waals surface area contributed by atoms with Crippen molar-refractivity contribution in [3.63, 3.8) is 0 Å². The zero-order valence-corrected chi connectivity index (χ0v) is 19.6. The minimum atomic E-state index is -1.20. The predicted molar refractivity (Wildman–Crippen MR) is 123 cm³/mol. The molecule has 3 rings (SSSR count). The SMILES string of the molecule is COc1ccc(C(=O)C2C(=O)C(=O)N(CCCN(C)C)C2c2ccc(O)c(OC)c2)cc1C. The first-order chi connectivity index (χ1) is 15.7. The first-order valence-electron chi connectivity index (χ1n) is 10.7. The molecule has 2 unspecified atom stereocenters. The number of phenolic OH excluding ortho intramolecular Hbond substituents is 1. The van der Waals surface area contributed by atoms with Crippen LogP contribution in [0.2, 0.25) is 0 Å². The number of benzene rings is 2. The number of hydrogen-bond acceptors (Lipinski definition) is 7. The highest BCUT2D eigenvalue weighted by Crippen LogP contribution is 2.41. The number of hydrogen-bond donors (Lipinski definition) is 1. The molecule has 1 fully saturated rings. The molecule has 176 valence electrons. The number of nitrogens with zero attached hydrogens (tertiary/aromatic N) is 2. The summed E-state index contributed by atoms with van der Waals surface area (Å²) in [5.74, 6) is -2.25. The Morgan fingerprint density at radius 3 is 2.36 bits per heavy atom. The molecule has 0 aromatic heterocycles. The molecule has 1 N–H and O–H groups in total. The number of aromatic hydroxyl groups is 1. The fourth-order valence-electron chi connectivity index (χ4n) is 4.25. The van der Waals surface area contributed by atoms with Gasteiger partial charge in [-0.05, 0) is 75.4 Å². The van der Waals surface area contributed by atoms with Gasteiger partial charge in [-0.1, -0.05) is 6.07 Å². The van der Waals surface area contributed by atoms with Crippen molar-refractivity contribution in [2.75, 3.05) is 41.4 Å². The Hall–Kier alpha value is -3.39. The standard InChI is InChI=1S/C25H30N2O6/c1-15-13-17(8-10-19(15)32-4)23(29)21-22(16-7-9-18(28)20(14-16)33-5)27(25(31)24(21)30)12-6-11-26(2)3/h7-10,13-14,21-22,28H,6,11-12H2,1-5H3. The van der Waals surface area contributed by atoms with Crippen molar-refractivity contribution >= 4 is 17.5 Å². The molecule has 2 atom stereocenters. The van der Waals surface area contributed by atoms with Gasteiger partial charge in [0, 0.05) is 12.1 Å². The van der Waals surface area contributed by atoms with Gasteiger partial charge in [-0.15, -0.1) is 0 Å². The minimum absolute atomic E-state index is 0.0651. The molecule has 1 aliphatic heterocycles. The number of ketones is 2. The third-order valence-electron chi connectivity index (χ3n) is 5.92. The van der Waals surface area contributed by atoms with Gasteiger partial charge in [0.1, 0.15) is 11.7 Å². The molecular formula is C25H30N2O6. The van der Waals surface area contributed by atoms with Crippen molar-refractivity contribution < 1.29 is 29.0 Å². The van der Waals surface area contributed by atoms with Crippen LogP contribution in [0.25, 0.3) is 0 Å². The number of ether oxygens (including phenoxy) is 2. The Morgan fingerprint density at radius 2 is 1.76 bits per heavy atom.